The van der Waals surface area contributed by atoms with E-state index in [4.69, 9.17) is 0 Å². The Hall–Kier alpha value is -2.84. The van der Waals surface area contributed by atoms with E-state index < -0.39 is 24.5 Å². The number of amides is 2. The van der Waals surface area contributed by atoms with Crippen LogP contribution in [0.2, 0.25) is 0 Å². The zero-order valence-electron chi connectivity index (χ0n) is 15.6. The van der Waals surface area contributed by atoms with Gasteiger partial charge < -0.3 is 14.8 Å². The third-order valence-corrected chi connectivity index (χ3v) is 4.93. The fraction of sp³-hybridized carbons (Fsp3) is 0.421. The van der Waals surface area contributed by atoms with Crippen LogP contribution in [0.25, 0.3) is 5.69 Å². The van der Waals surface area contributed by atoms with Gasteiger partial charge in [-0.15, -0.1) is 0 Å². The third-order valence-electron chi connectivity index (χ3n) is 4.93. The number of rotatable bonds is 4. The second-order valence-corrected chi connectivity index (χ2v) is 6.94. The van der Waals surface area contributed by atoms with Gasteiger partial charge in [-0.3, -0.25) is 9.59 Å². The number of carbonyl (C=O) groups is 2. The van der Waals surface area contributed by atoms with E-state index in [1.165, 1.54) is 0 Å². The first-order valence-corrected chi connectivity index (χ1v) is 8.90. The van der Waals surface area contributed by atoms with Crippen LogP contribution in [0, 0.1) is 19.8 Å². The summed E-state index contributed by atoms with van der Waals surface area (Å²) in [4.78, 5) is 29.3. The topological polar surface area (TPSA) is 67.2 Å². The number of anilines is 1. The molecule has 1 fully saturated rings. The number of likely N-dealkylation sites (tertiary alicyclic amines) is 1. The largest absolute Gasteiger partial charge is 0.406 e. The number of nitrogens with one attached hydrogen (secondary N) is 1. The molecule has 3 rings (SSSR count). The number of carbonyl (C=O) groups excluding carboxylic acids is 2. The second kappa shape index (κ2) is 7.65. The van der Waals surface area contributed by atoms with Gasteiger partial charge in [0.05, 0.1) is 12.0 Å². The molecule has 1 unspecified atom stereocenters. The van der Waals surface area contributed by atoms with Gasteiger partial charge in [-0.05, 0) is 44.5 Å². The number of halogens is 3. The number of imidazole rings is 1. The fourth-order valence-electron chi connectivity index (χ4n) is 3.19. The van der Waals surface area contributed by atoms with Gasteiger partial charge in [-0.25, -0.2) is 4.98 Å². The number of aryl methyl sites for hydroxylation is 1. The number of aromatic nitrogens is 2. The summed E-state index contributed by atoms with van der Waals surface area (Å²) >= 11 is 0. The Balaban J connectivity index is 1.59. The van der Waals surface area contributed by atoms with Crippen LogP contribution in [0.1, 0.15) is 24.2 Å². The first-order chi connectivity index (χ1) is 13.1. The smallest absolute Gasteiger partial charge is 0.334 e. The van der Waals surface area contributed by atoms with Crippen molar-refractivity contribution in [2.24, 2.45) is 5.92 Å². The summed E-state index contributed by atoms with van der Waals surface area (Å²) in [5, 5.41) is 2.74. The van der Waals surface area contributed by atoms with E-state index in [9.17, 15) is 22.8 Å². The van der Waals surface area contributed by atoms with Crippen LogP contribution in [0.5, 0.6) is 0 Å². The molecule has 0 spiro atoms. The van der Waals surface area contributed by atoms with E-state index in [0.29, 0.717) is 5.69 Å². The highest BCUT2D eigenvalue weighted by Crippen LogP contribution is 2.25. The number of nitrogens with zero attached hydrogens (tertiary/aromatic N) is 3. The van der Waals surface area contributed by atoms with Gasteiger partial charge in [-0.1, -0.05) is 0 Å². The minimum absolute atomic E-state index is 0.0748. The normalized spacial score (nSPS) is 17.7. The lowest BCUT2D eigenvalue weighted by molar-refractivity contribution is -0.165. The Kier molecular flexibility index (Phi) is 5.44. The Morgan fingerprint density at radius 3 is 2.46 bits per heavy atom. The summed E-state index contributed by atoms with van der Waals surface area (Å²) in [7, 11) is 0. The predicted octanol–water partition coefficient (Wildman–Crippen LogP) is 3.23. The zero-order chi connectivity index (χ0) is 20.5. The molecule has 1 N–H and O–H groups in total. The third kappa shape index (κ3) is 4.52. The second-order valence-electron chi connectivity index (χ2n) is 6.94. The maximum Gasteiger partial charge on any atom is 0.406 e. The average molecular weight is 394 g/mol. The van der Waals surface area contributed by atoms with Gasteiger partial charge in [0.1, 0.15) is 6.54 Å². The number of alkyl halides is 3. The van der Waals surface area contributed by atoms with Gasteiger partial charge in [-0.2, -0.15) is 13.2 Å². The lowest BCUT2D eigenvalue weighted by Crippen LogP contribution is -2.46. The first-order valence-electron chi connectivity index (χ1n) is 8.90. The zero-order valence-corrected chi connectivity index (χ0v) is 15.6. The van der Waals surface area contributed by atoms with Gasteiger partial charge in [0.25, 0.3) is 0 Å². The summed E-state index contributed by atoms with van der Waals surface area (Å²) in [5.74, 6) is -1.64. The van der Waals surface area contributed by atoms with Crippen molar-refractivity contribution in [1.82, 2.24) is 14.5 Å². The highest BCUT2D eigenvalue weighted by molar-refractivity contribution is 5.95. The minimum atomic E-state index is -4.43. The lowest BCUT2D eigenvalue weighted by Gasteiger charge is -2.31. The van der Waals surface area contributed by atoms with Crippen molar-refractivity contribution >= 4 is 17.5 Å². The molecule has 1 aromatic carbocycles. The molecule has 0 aliphatic carbocycles. The molecule has 1 aliphatic rings. The molecule has 1 saturated heterocycles. The predicted molar refractivity (Wildman–Crippen MR) is 97.0 cm³/mol. The summed E-state index contributed by atoms with van der Waals surface area (Å²) in [6, 6.07) is 7.15. The molecule has 2 heterocycles. The monoisotopic (exact) mass is 394 g/mol. The number of piperidine rings is 1. The first kappa shape index (κ1) is 19.9. The standard InChI is InChI=1S/C19H21F3N4O2/c1-12-13(2)26(11-23-12)16-5-3-15(4-6-16)24-18(28)14-7-8-25(17(27)9-14)10-19(20,21)22/h3-6,11,14H,7-10H2,1-2H3,(H,24,28). The molecule has 28 heavy (non-hydrogen) atoms. The Morgan fingerprint density at radius 2 is 1.93 bits per heavy atom. The SMILES string of the molecule is Cc1ncn(-c2ccc(NC(=O)C3CCN(CC(F)(F)F)C(=O)C3)cc2)c1C. The van der Waals surface area contributed by atoms with Crippen LogP contribution in [0.4, 0.5) is 18.9 Å². The minimum Gasteiger partial charge on any atom is -0.334 e. The van der Waals surface area contributed by atoms with Gasteiger partial charge in [0.2, 0.25) is 11.8 Å². The molecule has 9 heteroatoms. The van der Waals surface area contributed by atoms with Crippen molar-refractivity contribution in [3.63, 3.8) is 0 Å². The molecule has 1 aromatic heterocycles. The van der Waals surface area contributed by atoms with Crippen molar-refractivity contribution in [2.45, 2.75) is 32.9 Å². The quantitative estimate of drug-likeness (QED) is 0.866. The maximum atomic E-state index is 12.5. The van der Waals surface area contributed by atoms with Crippen LogP contribution in [-0.2, 0) is 9.59 Å². The van der Waals surface area contributed by atoms with Crippen molar-refractivity contribution in [1.29, 1.82) is 0 Å². The average Bonchev–Trinajstić information content (AvgIpc) is 2.95. The highest BCUT2D eigenvalue weighted by Gasteiger charge is 2.37. The lowest BCUT2D eigenvalue weighted by atomic mass is 9.95. The van der Waals surface area contributed by atoms with E-state index in [0.717, 1.165) is 22.0 Å². The van der Waals surface area contributed by atoms with Crippen molar-refractivity contribution in [3.8, 4) is 5.69 Å². The number of hydrogen-bond donors (Lipinski definition) is 1. The van der Waals surface area contributed by atoms with Crippen molar-refractivity contribution in [2.75, 3.05) is 18.4 Å². The molecular formula is C19H21F3N4O2. The maximum absolute atomic E-state index is 12.5. The van der Waals surface area contributed by atoms with Crippen LogP contribution in [0.3, 0.4) is 0 Å². The van der Waals surface area contributed by atoms with E-state index in [-0.39, 0.29) is 25.3 Å². The van der Waals surface area contributed by atoms with Crippen molar-refractivity contribution in [3.05, 3.63) is 42.0 Å². The molecular weight excluding hydrogens is 373 g/mol. The van der Waals surface area contributed by atoms with Gasteiger partial charge in [0, 0.05) is 36.0 Å². The summed E-state index contributed by atoms with van der Waals surface area (Å²) in [6.45, 7) is 2.53. The Labute approximate surface area is 160 Å². The van der Waals surface area contributed by atoms with Crippen LogP contribution in [-0.4, -0.2) is 45.5 Å². The summed E-state index contributed by atoms with van der Waals surface area (Å²) in [6.07, 6.45) is -2.72. The van der Waals surface area contributed by atoms with E-state index in [1.54, 1.807) is 18.5 Å². The highest BCUT2D eigenvalue weighted by atomic mass is 19.4. The van der Waals surface area contributed by atoms with E-state index >= 15 is 0 Å². The number of benzene rings is 1. The van der Waals surface area contributed by atoms with E-state index in [1.807, 2.05) is 30.5 Å². The molecule has 2 aromatic rings. The number of hydrogen-bond acceptors (Lipinski definition) is 3. The molecule has 0 bridgehead atoms. The van der Waals surface area contributed by atoms with E-state index in [2.05, 4.69) is 10.3 Å². The van der Waals surface area contributed by atoms with Gasteiger partial charge >= 0.3 is 6.18 Å². The summed E-state index contributed by atoms with van der Waals surface area (Å²) < 4.78 is 39.3. The molecule has 1 atom stereocenters. The molecule has 0 radical (unpaired) electrons. The molecule has 0 saturated carbocycles. The molecule has 6 nitrogen and oxygen atoms in total. The summed E-state index contributed by atoms with van der Waals surface area (Å²) in [5.41, 5.74) is 3.40. The Bertz CT molecular complexity index is 874. The Morgan fingerprint density at radius 1 is 1.25 bits per heavy atom. The molecule has 2 amide bonds. The van der Waals surface area contributed by atoms with Crippen LogP contribution in [0.15, 0.2) is 30.6 Å². The van der Waals surface area contributed by atoms with Crippen molar-refractivity contribution < 1.29 is 22.8 Å². The van der Waals surface area contributed by atoms with Gasteiger partial charge in [0.15, 0.2) is 0 Å². The molecule has 150 valence electrons. The molecule has 1 aliphatic heterocycles. The fourth-order valence-corrected chi connectivity index (χ4v) is 3.19. The van der Waals surface area contributed by atoms with Crippen LogP contribution >= 0.6 is 0 Å². The van der Waals surface area contributed by atoms with Crippen LogP contribution < -0.4 is 5.32 Å².